The Morgan fingerprint density at radius 1 is 1.04 bits per heavy atom. The predicted octanol–water partition coefficient (Wildman–Crippen LogP) is 1.94. The van der Waals surface area contributed by atoms with Crippen LogP contribution in [0.25, 0.3) is 11.6 Å². The third kappa shape index (κ3) is 1.89. The second-order valence-electron chi connectivity index (χ2n) is 6.67. The lowest BCUT2D eigenvalue weighted by atomic mass is 9.63. The van der Waals surface area contributed by atoms with E-state index in [-0.39, 0.29) is 6.54 Å². The Hall–Kier alpha value is -3.17. The summed E-state index contributed by atoms with van der Waals surface area (Å²) in [5.41, 5.74) is 9.53. The van der Waals surface area contributed by atoms with Crippen molar-refractivity contribution < 1.29 is 9.53 Å². The van der Waals surface area contributed by atoms with Crippen molar-refractivity contribution in [2.45, 2.75) is 0 Å². The maximum atomic E-state index is 11.9. The van der Waals surface area contributed by atoms with Crippen molar-refractivity contribution in [3.05, 3.63) is 106 Å². The van der Waals surface area contributed by atoms with E-state index in [2.05, 4.69) is 54.6 Å². The van der Waals surface area contributed by atoms with Crippen molar-refractivity contribution in [1.29, 1.82) is 0 Å². The van der Waals surface area contributed by atoms with Crippen molar-refractivity contribution in [3.8, 4) is 0 Å². The number of ether oxygens (including phenoxy) is 1. The monoisotopic (exact) mass is 339 g/mol. The van der Waals surface area contributed by atoms with Gasteiger partial charge in [-0.15, -0.1) is 0 Å². The second-order valence-corrected chi connectivity index (χ2v) is 6.67. The molecular weight excluding hydrogens is 322 g/mol. The van der Waals surface area contributed by atoms with Gasteiger partial charge in [-0.3, -0.25) is 4.79 Å². The number of benzene rings is 1. The summed E-state index contributed by atoms with van der Waals surface area (Å²) in [6.45, 7) is -0.142. The van der Waals surface area contributed by atoms with Crippen LogP contribution in [0.15, 0.2) is 95.4 Å². The molecule has 0 aromatic heterocycles. The molecule has 1 aromatic rings. The highest BCUT2D eigenvalue weighted by atomic mass is 16.5. The molecule has 0 fully saturated rings. The van der Waals surface area contributed by atoms with Crippen molar-refractivity contribution in [2.75, 3.05) is 6.54 Å². The molecule has 4 aliphatic rings. The van der Waals surface area contributed by atoms with Crippen LogP contribution in [0.4, 0.5) is 0 Å². The third-order valence-electron chi connectivity index (χ3n) is 5.33. The van der Waals surface area contributed by atoms with E-state index in [1.54, 1.807) is 0 Å². The summed E-state index contributed by atoms with van der Waals surface area (Å²) in [5, 5.41) is 2.45. The fraction of sp³-hybridized carbons (Fsp3) is 0.0870. The Balaban J connectivity index is 1.81. The van der Waals surface area contributed by atoms with Gasteiger partial charge in [0, 0.05) is 0 Å². The van der Waals surface area contributed by atoms with E-state index in [9.17, 15) is 4.79 Å². The van der Waals surface area contributed by atoms with Gasteiger partial charge in [-0.2, -0.15) is 0 Å². The first kappa shape index (κ1) is 15.1. The van der Waals surface area contributed by atoms with Gasteiger partial charge in [-0.1, -0.05) is 60.7 Å². The van der Waals surface area contributed by atoms with E-state index >= 15 is 0 Å². The highest BCUT2D eigenvalue weighted by Gasteiger charge is 2.46. The zero-order chi connectivity index (χ0) is 17.7. The van der Waals surface area contributed by atoms with E-state index < -0.39 is 11.4 Å². The third-order valence-corrected chi connectivity index (χ3v) is 5.33. The summed E-state index contributed by atoms with van der Waals surface area (Å²) in [6, 6.07) is 8.40. The number of carbonyl (C=O) groups is 1. The van der Waals surface area contributed by atoms with Gasteiger partial charge >= 0.3 is 5.97 Å². The highest BCUT2D eigenvalue weighted by Crippen LogP contribution is 2.54. The molecule has 1 unspecified atom stereocenters. The predicted molar refractivity (Wildman–Crippen MR) is 102 cm³/mol. The van der Waals surface area contributed by atoms with Gasteiger partial charge in [0.2, 0.25) is 0 Å². The lowest BCUT2D eigenvalue weighted by Crippen LogP contribution is -2.34. The summed E-state index contributed by atoms with van der Waals surface area (Å²) in [6.07, 6.45) is 18.6. The Kier molecular flexibility index (Phi) is 3.15. The molecule has 0 saturated carbocycles. The molecule has 126 valence electrons. The lowest BCUT2D eigenvalue weighted by Gasteiger charge is -2.41. The molecule has 0 aliphatic heterocycles. The van der Waals surface area contributed by atoms with Gasteiger partial charge in [-0.25, -0.2) is 0 Å². The Labute approximate surface area is 151 Å². The van der Waals surface area contributed by atoms with Crippen molar-refractivity contribution >= 4 is 17.6 Å². The molecule has 1 spiro atoms. The summed E-state index contributed by atoms with van der Waals surface area (Å²) in [4.78, 5) is 11.9. The summed E-state index contributed by atoms with van der Waals surface area (Å²) in [7, 11) is 0. The number of esters is 1. The van der Waals surface area contributed by atoms with Gasteiger partial charge in [-0.05, 0) is 51.0 Å². The standard InChI is InChI=1S/C23H17NO2/c24-14-22(25)26-21-10-5-9-20-19-12-15-6-1-2-8-17(15)18(19)13-16-7-3-4-11-23(16,20)21/h1-13H,14,24H2. The molecule has 1 atom stereocenters. The molecule has 3 heteroatoms. The molecule has 3 nitrogen and oxygen atoms in total. The first-order valence-corrected chi connectivity index (χ1v) is 8.68. The Bertz CT molecular complexity index is 1150. The number of hydrogen-bond acceptors (Lipinski definition) is 3. The SMILES string of the molecule is NCC(=O)OC1=CC=CC2=C3C=c4ccccc4=C3C=C3C=CC=CC312. The quantitative estimate of drug-likeness (QED) is 0.838. The number of allylic oxidation sites excluding steroid dienone is 9. The molecule has 0 bridgehead atoms. The molecule has 1 aromatic carbocycles. The zero-order valence-corrected chi connectivity index (χ0v) is 14.1. The van der Waals surface area contributed by atoms with Gasteiger partial charge in [0.1, 0.15) is 5.76 Å². The fourth-order valence-corrected chi connectivity index (χ4v) is 4.21. The van der Waals surface area contributed by atoms with Gasteiger partial charge in [0.05, 0.1) is 12.0 Å². The van der Waals surface area contributed by atoms with Gasteiger partial charge < -0.3 is 10.5 Å². The molecule has 0 heterocycles. The first-order valence-electron chi connectivity index (χ1n) is 8.68. The molecule has 5 rings (SSSR count). The van der Waals surface area contributed by atoms with Crippen LogP contribution in [0.2, 0.25) is 0 Å². The molecular formula is C23H17NO2. The minimum atomic E-state index is -0.578. The summed E-state index contributed by atoms with van der Waals surface area (Å²) < 4.78 is 5.66. The molecule has 0 amide bonds. The minimum absolute atomic E-state index is 0.142. The molecule has 0 radical (unpaired) electrons. The van der Waals surface area contributed by atoms with Crippen LogP contribution >= 0.6 is 0 Å². The number of hydrogen-bond donors (Lipinski definition) is 1. The lowest BCUT2D eigenvalue weighted by molar-refractivity contribution is -0.138. The number of fused-ring (bicyclic) bond motifs is 2. The summed E-state index contributed by atoms with van der Waals surface area (Å²) >= 11 is 0. The van der Waals surface area contributed by atoms with Gasteiger partial charge in [0.15, 0.2) is 0 Å². The average Bonchev–Trinajstić information content (AvgIpc) is 3.05. The highest BCUT2D eigenvalue weighted by molar-refractivity contribution is 5.94. The van der Waals surface area contributed by atoms with E-state index in [4.69, 9.17) is 10.5 Å². The van der Waals surface area contributed by atoms with Crippen LogP contribution < -0.4 is 16.2 Å². The number of nitrogens with two attached hydrogens (primary N) is 1. The Morgan fingerprint density at radius 3 is 2.81 bits per heavy atom. The van der Waals surface area contributed by atoms with Gasteiger partial charge in [0.25, 0.3) is 0 Å². The number of rotatable bonds is 2. The van der Waals surface area contributed by atoms with Crippen LogP contribution in [0.5, 0.6) is 0 Å². The molecule has 0 saturated heterocycles. The maximum Gasteiger partial charge on any atom is 0.324 e. The van der Waals surface area contributed by atoms with Crippen LogP contribution in [0.1, 0.15) is 0 Å². The Morgan fingerprint density at radius 2 is 1.92 bits per heavy atom. The van der Waals surface area contributed by atoms with Crippen LogP contribution in [0, 0.1) is 5.41 Å². The maximum absolute atomic E-state index is 11.9. The normalized spacial score (nSPS) is 24.1. The summed E-state index contributed by atoms with van der Waals surface area (Å²) in [5.74, 6) is 0.175. The largest absolute Gasteiger partial charge is 0.428 e. The van der Waals surface area contributed by atoms with E-state index in [1.165, 1.54) is 21.6 Å². The minimum Gasteiger partial charge on any atom is -0.428 e. The second kappa shape index (κ2) is 5.41. The van der Waals surface area contributed by atoms with E-state index in [1.807, 2.05) is 24.3 Å². The van der Waals surface area contributed by atoms with E-state index in [0.29, 0.717) is 5.76 Å². The first-order chi connectivity index (χ1) is 12.7. The van der Waals surface area contributed by atoms with Crippen LogP contribution in [-0.4, -0.2) is 12.5 Å². The van der Waals surface area contributed by atoms with Crippen molar-refractivity contribution in [2.24, 2.45) is 11.1 Å². The smallest absolute Gasteiger partial charge is 0.324 e. The number of carbonyl (C=O) groups excluding carboxylic acids is 1. The van der Waals surface area contributed by atoms with Crippen molar-refractivity contribution in [3.63, 3.8) is 0 Å². The fourth-order valence-electron chi connectivity index (χ4n) is 4.21. The van der Waals surface area contributed by atoms with E-state index in [0.717, 1.165) is 11.1 Å². The topological polar surface area (TPSA) is 52.3 Å². The molecule has 26 heavy (non-hydrogen) atoms. The molecule has 2 N–H and O–H groups in total. The van der Waals surface area contributed by atoms with Crippen LogP contribution in [0.3, 0.4) is 0 Å². The molecule has 4 aliphatic carbocycles. The average molecular weight is 339 g/mol. The zero-order valence-electron chi connectivity index (χ0n) is 14.1. The van der Waals surface area contributed by atoms with Crippen LogP contribution in [-0.2, 0) is 9.53 Å². The van der Waals surface area contributed by atoms with Crippen molar-refractivity contribution in [1.82, 2.24) is 0 Å².